The van der Waals surface area contributed by atoms with Gasteiger partial charge in [0.15, 0.2) is 0 Å². The molecule has 1 nitrogen and oxygen atoms in total. The van der Waals surface area contributed by atoms with Gasteiger partial charge in [-0.15, -0.1) is 0 Å². The summed E-state index contributed by atoms with van der Waals surface area (Å²) in [5.74, 6) is 0.892. The summed E-state index contributed by atoms with van der Waals surface area (Å²) in [6.07, 6.45) is 4.69. The fourth-order valence-corrected chi connectivity index (χ4v) is 5.64. The number of fused-ring (bicyclic) bond motifs is 1. The first-order valence-electron chi connectivity index (χ1n) is 9.81. The van der Waals surface area contributed by atoms with Gasteiger partial charge in [-0.05, 0) is 40.8 Å². The minimum Gasteiger partial charge on any atom is -0.343 e. The van der Waals surface area contributed by atoms with Crippen LogP contribution in [0.3, 0.4) is 0 Å². The molecule has 28 heavy (non-hydrogen) atoms. The molecular weight excluding hydrogens is 358 g/mol. The molecular formula is C26H23NS. The minimum atomic E-state index is 0.430. The van der Waals surface area contributed by atoms with Crippen molar-refractivity contribution in [1.29, 1.82) is 0 Å². The number of benzene rings is 3. The van der Waals surface area contributed by atoms with Crippen molar-refractivity contribution in [1.82, 2.24) is 0 Å². The van der Waals surface area contributed by atoms with E-state index < -0.39 is 0 Å². The predicted octanol–water partition coefficient (Wildman–Crippen LogP) is 7.10. The molecule has 0 N–H and O–H groups in total. The third-order valence-corrected chi connectivity index (χ3v) is 7.21. The number of anilines is 1. The topological polar surface area (TPSA) is 3.24 Å². The fraction of sp³-hybridized carbons (Fsp3) is 0.154. The van der Waals surface area contributed by atoms with Crippen molar-refractivity contribution in [2.75, 3.05) is 11.9 Å². The zero-order chi connectivity index (χ0) is 19.1. The molecule has 1 unspecified atom stereocenters. The van der Waals surface area contributed by atoms with E-state index in [2.05, 4.69) is 110 Å². The Bertz CT molecular complexity index is 1070. The van der Waals surface area contributed by atoms with Crippen LogP contribution in [-0.2, 0) is 0 Å². The molecule has 1 aliphatic carbocycles. The van der Waals surface area contributed by atoms with Gasteiger partial charge in [0.05, 0.1) is 11.4 Å². The highest BCUT2D eigenvalue weighted by Crippen LogP contribution is 2.51. The van der Waals surface area contributed by atoms with Crippen LogP contribution in [0.15, 0.2) is 107 Å². The molecule has 0 amide bonds. The summed E-state index contributed by atoms with van der Waals surface area (Å²) in [6.45, 7) is 2.36. The Labute approximate surface area is 171 Å². The Morgan fingerprint density at radius 2 is 1.54 bits per heavy atom. The number of thioether (sulfide) groups is 1. The highest BCUT2D eigenvalue weighted by molar-refractivity contribution is 8.03. The van der Waals surface area contributed by atoms with Gasteiger partial charge in [-0.25, -0.2) is 0 Å². The fourth-order valence-electron chi connectivity index (χ4n) is 4.27. The summed E-state index contributed by atoms with van der Waals surface area (Å²) in [5, 5.41) is 0. The van der Waals surface area contributed by atoms with Crippen molar-refractivity contribution >= 4 is 17.4 Å². The maximum Gasteiger partial charge on any atom is 0.0550 e. The van der Waals surface area contributed by atoms with Gasteiger partial charge < -0.3 is 4.90 Å². The highest BCUT2D eigenvalue weighted by atomic mass is 32.2. The van der Waals surface area contributed by atoms with E-state index in [0.717, 1.165) is 0 Å². The Morgan fingerprint density at radius 3 is 2.29 bits per heavy atom. The Balaban J connectivity index is 1.52. The summed E-state index contributed by atoms with van der Waals surface area (Å²) in [4.78, 5) is 5.16. The molecule has 3 aromatic carbocycles. The van der Waals surface area contributed by atoms with Crippen LogP contribution in [0.1, 0.15) is 18.4 Å². The average Bonchev–Trinajstić information content (AvgIpc) is 2.75. The van der Waals surface area contributed by atoms with Gasteiger partial charge >= 0.3 is 0 Å². The lowest BCUT2D eigenvalue weighted by molar-refractivity contribution is 0.616. The zero-order valence-corrected chi connectivity index (χ0v) is 17.0. The lowest BCUT2D eigenvalue weighted by atomic mass is 9.83. The molecule has 3 aromatic rings. The number of likely N-dealkylation sites (N-methyl/N-ethyl adjacent to an activating group) is 1. The Hall–Kier alpha value is -2.71. The van der Waals surface area contributed by atoms with E-state index in [-0.39, 0.29) is 0 Å². The summed E-state index contributed by atoms with van der Waals surface area (Å²) in [5.41, 5.74) is 6.57. The van der Waals surface area contributed by atoms with Gasteiger partial charge in [0.1, 0.15) is 0 Å². The zero-order valence-electron chi connectivity index (χ0n) is 16.2. The van der Waals surface area contributed by atoms with Crippen LogP contribution < -0.4 is 4.90 Å². The molecule has 0 spiro atoms. The van der Waals surface area contributed by atoms with Gasteiger partial charge in [-0.3, -0.25) is 0 Å². The van der Waals surface area contributed by atoms with Gasteiger partial charge in [-0.1, -0.05) is 91.5 Å². The van der Waals surface area contributed by atoms with Crippen molar-refractivity contribution in [3.8, 4) is 11.1 Å². The van der Waals surface area contributed by atoms with Crippen molar-refractivity contribution in [2.24, 2.45) is 5.92 Å². The van der Waals surface area contributed by atoms with E-state index in [1.807, 2.05) is 11.8 Å². The van der Waals surface area contributed by atoms with Gasteiger partial charge in [0, 0.05) is 22.8 Å². The molecule has 0 radical (unpaired) electrons. The molecule has 1 heterocycles. The van der Waals surface area contributed by atoms with Crippen molar-refractivity contribution in [2.45, 2.75) is 17.7 Å². The van der Waals surface area contributed by atoms with E-state index in [0.29, 0.717) is 11.8 Å². The molecule has 0 bridgehead atoms. The molecule has 2 heteroatoms. The number of hydrogen-bond donors (Lipinski definition) is 0. The first-order valence-corrected chi connectivity index (χ1v) is 10.6. The second-order valence-corrected chi connectivity index (χ2v) is 8.63. The lowest BCUT2D eigenvalue weighted by Crippen LogP contribution is -2.26. The van der Waals surface area contributed by atoms with Crippen LogP contribution in [0.2, 0.25) is 0 Å². The van der Waals surface area contributed by atoms with Gasteiger partial charge in [0.25, 0.3) is 0 Å². The smallest absolute Gasteiger partial charge is 0.0550 e. The molecule has 0 saturated carbocycles. The first kappa shape index (κ1) is 17.4. The van der Waals surface area contributed by atoms with Crippen LogP contribution in [0.4, 0.5) is 5.69 Å². The molecule has 2 atom stereocenters. The van der Waals surface area contributed by atoms with Crippen molar-refractivity contribution < 1.29 is 0 Å². The third kappa shape index (κ3) is 2.89. The van der Waals surface area contributed by atoms with E-state index >= 15 is 0 Å². The molecule has 5 rings (SSSR count). The van der Waals surface area contributed by atoms with Crippen LogP contribution in [0.25, 0.3) is 11.1 Å². The van der Waals surface area contributed by atoms with Crippen molar-refractivity contribution in [3.63, 3.8) is 0 Å². The summed E-state index contributed by atoms with van der Waals surface area (Å²) >= 11 is 1.95. The highest BCUT2D eigenvalue weighted by Gasteiger charge is 2.32. The maximum atomic E-state index is 2.37. The molecule has 2 aliphatic rings. The molecule has 0 saturated heterocycles. The van der Waals surface area contributed by atoms with E-state index in [4.69, 9.17) is 0 Å². The lowest BCUT2D eigenvalue weighted by Gasteiger charge is -2.38. The van der Waals surface area contributed by atoms with E-state index in [9.17, 15) is 0 Å². The van der Waals surface area contributed by atoms with E-state index in [1.165, 1.54) is 37.9 Å². The minimum absolute atomic E-state index is 0.430. The standard InChI is InChI=1S/C26H23NS/c1-18-22(20-11-7-4-8-12-20)14-16-24-26(18)28-25-17-21(13-15-23(25)27(24)2)19-9-5-3-6-10-19/h3-18,22H,1-2H3/t18?,22-/m1/s1. The van der Waals surface area contributed by atoms with Crippen molar-refractivity contribution in [3.05, 3.63) is 107 Å². The largest absolute Gasteiger partial charge is 0.343 e. The SMILES string of the molecule is CC1C2=C(C=C[C@H]1c1ccccc1)N(C)c1ccc(-c3ccccc3)cc1S2. The molecule has 0 fully saturated rings. The quantitative estimate of drug-likeness (QED) is 0.466. The van der Waals surface area contributed by atoms with E-state index in [1.54, 1.807) is 0 Å². The number of hydrogen-bond acceptors (Lipinski definition) is 2. The number of nitrogens with zero attached hydrogens (tertiary/aromatic N) is 1. The van der Waals surface area contributed by atoms with Gasteiger partial charge in [-0.2, -0.15) is 0 Å². The first-order chi connectivity index (χ1) is 13.7. The molecule has 138 valence electrons. The molecule has 0 aromatic heterocycles. The predicted molar refractivity (Wildman–Crippen MR) is 121 cm³/mol. The van der Waals surface area contributed by atoms with Crippen LogP contribution in [-0.4, -0.2) is 7.05 Å². The monoisotopic (exact) mass is 381 g/mol. The normalized spacial score (nSPS) is 20.7. The second kappa shape index (κ2) is 7.03. The molecule has 1 aliphatic heterocycles. The maximum absolute atomic E-state index is 2.37. The summed E-state index contributed by atoms with van der Waals surface area (Å²) < 4.78 is 0. The van der Waals surface area contributed by atoms with Crippen LogP contribution in [0, 0.1) is 5.92 Å². The summed E-state index contributed by atoms with van der Waals surface area (Å²) in [6, 6.07) is 28.3. The van der Waals surface area contributed by atoms with Gasteiger partial charge in [0.2, 0.25) is 0 Å². The number of rotatable bonds is 2. The number of allylic oxidation sites excluding steroid dienone is 3. The van der Waals surface area contributed by atoms with Crippen LogP contribution in [0.5, 0.6) is 0 Å². The van der Waals surface area contributed by atoms with Crippen LogP contribution >= 0.6 is 11.8 Å². The second-order valence-electron chi connectivity index (χ2n) is 7.54. The Morgan fingerprint density at radius 1 is 0.821 bits per heavy atom. The average molecular weight is 382 g/mol. The third-order valence-electron chi connectivity index (χ3n) is 5.86. The Kier molecular flexibility index (Phi) is 4.37. The summed E-state index contributed by atoms with van der Waals surface area (Å²) in [7, 11) is 2.19.